The van der Waals surface area contributed by atoms with Crippen molar-refractivity contribution in [2.24, 2.45) is 0 Å². The fourth-order valence-corrected chi connectivity index (χ4v) is 15.4. The SMILES string of the molecule is Cc1ccc(-c2ccc3c4ccccc4n(-c4cc(-c5nc(-c6ccccc6)nc(-c6ccccc6)n5)ccc4-c4cccc([Si](c5ccccc5)(c5ccccc5)c5ccccc5)c4)c3c2)c(C)c1. The lowest BCUT2D eigenvalue weighted by atomic mass is 9.97. The number of aromatic nitrogens is 4. The van der Waals surface area contributed by atoms with E-state index in [2.05, 4.69) is 237 Å². The molecule has 10 aromatic carbocycles. The highest BCUT2D eigenvalue weighted by Gasteiger charge is 2.41. The third-order valence-electron chi connectivity index (χ3n) is 13.8. The molecule has 0 atom stereocenters. The molecule has 12 aromatic rings. The zero-order valence-corrected chi connectivity index (χ0v) is 40.0. The lowest BCUT2D eigenvalue weighted by Gasteiger charge is -2.34. The van der Waals surface area contributed by atoms with Crippen LogP contribution in [0.1, 0.15) is 11.1 Å². The molecule has 0 aliphatic heterocycles. The first-order chi connectivity index (χ1) is 34.5. The van der Waals surface area contributed by atoms with Gasteiger partial charge in [0.05, 0.1) is 16.7 Å². The van der Waals surface area contributed by atoms with E-state index in [4.69, 9.17) is 15.0 Å². The predicted molar refractivity (Wildman–Crippen MR) is 294 cm³/mol. The number of hydrogen-bond acceptors (Lipinski definition) is 3. The van der Waals surface area contributed by atoms with Gasteiger partial charge in [-0.3, -0.25) is 0 Å². The van der Waals surface area contributed by atoms with Crippen molar-refractivity contribution in [3.63, 3.8) is 0 Å². The van der Waals surface area contributed by atoms with E-state index in [1.807, 2.05) is 36.4 Å². The van der Waals surface area contributed by atoms with Crippen LogP contribution in [0.3, 0.4) is 0 Å². The van der Waals surface area contributed by atoms with Crippen molar-refractivity contribution >= 4 is 50.6 Å². The third kappa shape index (κ3) is 7.54. The van der Waals surface area contributed by atoms with E-state index in [0.29, 0.717) is 17.5 Å². The summed E-state index contributed by atoms with van der Waals surface area (Å²) in [4.78, 5) is 15.5. The highest BCUT2D eigenvalue weighted by Crippen LogP contribution is 2.40. The highest BCUT2D eigenvalue weighted by atomic mass is 28.3. The first-order valence-corrected chi connectivity index (χ1v) is 25.9. The molecule has 0 radical (unpaired) electrons. The average molecular weight is 913 g/mol. The van der Waals surface area contributed by atoms with Crippen molar-refractivity contribution < 1.29 is 0 Å². The molecule has 0 unspecified atom stereocenters. The second-order valence-electron chi connectivity index (χ2n) is 18.1. The molecule has 4 nitrogen and oxygen atoms in total. The van der Waals surface area contributed by atoms with Gasteiger partial charge in [0, 0.05) is 33.0 Å². The summed E-state index contributed by atoms with van der Waals surface area (Å²) in [6, 6.07) is 92.5. The van der Waals surface area contributed by atoms with Crippen molar-refractivity contribution in [2.45, 2.75) is 13.8 Å². The van der Waals surface area contributed by atoms with E-state index in [0.717, 1.165) is 44.5 Å². The van der Waals surface area contributed by atoms with Gasteiger partial charge in [0.25, 0.3) is 0 Å². The number of nitrogens with zero attached hydrogens (tertiary/aromatic N) is 4. The number of benzene rings is 10. The van der Waals surface area contributed by atoms with Crippen LogP contribution >= 0.6 is 0 Å². The van der Waals surface area contributed by atoms with Crippen LogP contribution in [0.4, 0.5) is 0 Å². The van der Waals surface area contributed by atoms with E-state index < -0.39 is 8.07 Å². The Kier molecular flexibility index (Phi) is 11.0. The molecule has 0 bridgehead atoms. The maximum Gasteiger partial charge on any atom is 0.179 e. The zero-order chi connectivity index (χ0) is 47.0. The molecule has 0 saturated carbocycles. The van der Waals surface area contributed by atoms with E-state index in [9.17, 15) is 0 Å². The number of rotatable bonds is 10. The fourth-order valence-electron chi connectivity index (χ4n) is 10.6. The molecule has 2 aromatic heterocycles. The van der Waals surface area contributed by atoms with Gasteiger partial charge in [-0.25, -0.2) is 15.0 Å². The minimum atomic E-state index is -2.86. The van der Waals surface area contributed by atoms with Crippen LogP contribution in [-0.4, -0.2) is 27.6 Å². The van der Waals surface area contributed by atoms with E-state index in [-0.39, 0.29) is 0 Å². The number of aryl methyl sites for hydroxylation is 2. The van der Waals surface area contributed by atoms with Crippen LogP contribution < -0.4 is 20.7 Å². The van der Waals surface area contributed by atoms with Gasteiger partial charge in [0.15, 0.2) is 25.5 Å². The molecule has 5 heteroatoms. The first kappa shape index (κ1) is 42.6. The number of fused-ring (bicyclic) bond motifs is 3. The maximum atomic E-state index is 5.24. The smallest absolute Gasteiger partial charge is 0.179 e. The molecule has 2 heterocycles. The Hall–Kier alpha value is -8.77. The van der Waals surface area contributed by atoms with Crippen molar-refractivity contribution in [2.75, 3.05) is 0 Å². The van der Waals surface area contributed by atoms with E-state index >= 15 is 0 Å². The highest BCUT2D eigenvalue weighted by molar-refractivity contribution is 7.19. The Morgan fingerprint density at radius 2 is 0.771 bits per heavy atom. The molecule has 0 spiro atoms. The molecule has 0 saturated heterocycles. The Morgan fingerprint density at radius 3 is 1.36 bits per heavy atom. The molecular formula is C65H48N4Si. The summed E-state index contributed by atoms with van der Waals surface area (Å²) in [6.07, 6.45) is 0. The van der Waals surface area contributed by atoms with Gasteiger partial charge in [-0.05, 0) is 75.0 Å². The minimum Gasteiger partial charge on any atom is -0.309 e. The summed E-state index contributed by atoms with van der Waals surface area (Å²) in [7, 11) is -2.86. The van der Waals surface area contributed by atoms with Crippen LogP contribution in [0, 0.1) is 13.8 Å². The quantitative estimate of drug-likeness (QED) is 0.101. The molecule has 0 aliphatic rings. The predicted octanol–water partition coefficient (Wildman–Crippen LogP) is 13.3. The van der Waals surface area contributed by atoms with Crippen molar-refractivity contribution in [1.29, 1.82) is 0 Å². The molecule has 0 fully saturated rings. The molecule has 70 heavy (non-hydrogen) atoms. The van der Waals surface area contributed by atoms with Crippen LogP contribution in [0.2, 0.25) is 0 Å². The average Bonchev–Trinajstić information content (AvgIpc) is 3.76. The van der Waals surface area contributed by atoms with Gasteiger partial charge in [-0.2, -0.15) is 0 Å². The lowest BCUT2D eigenvalue weighted by molar-refractivity contribution is 1.07. The van der Waals surface area contributed by atoms with Gasteiger partial charge in [0.1, 0.15) is 0 Å². The fraction of sp³-hybridized carbons (Fsp3) is 0.0308. The molecule has 332 valence electrons. The topological polar surface area (TPSA) is 43.6 Å². The Bertz CT molecular complexity index is 3680. The monoisotopic (exact) mass is 912 g/mol. The van der Waals surface area contributed by atoms with Crippen LogP contribution in [-0.2, 0) is 0 Å². The third-order valence-corrected chi connectivity index (χ3v) is 18.6. The largest absolute Gasteiger partial charge is 0.309 e. The molecule has 0 aliphatic carbocycles. The van der Waals surface area contributed by atoms with Crippen molar-refractivity contribution in [3.05, 3.63) is 266 Å². The minimum absolute atomic E-state index is 0.606. The van der Waals surface area contributed by atoms with Crippen molar-refractivity contribution in [1.82, 2.24) is 19.5 Å². The Balaban J connectivity index is 1.15. The lowest BCUT2D eigenvalue weighted by Crippen LogP contribution is -2.74. The van der Waals surface area contributed by atoms with Crippen LogP contribution in [0.25, 0.3) is 83.9 Å². The molecular weight excluding hydrogens is 865 g/mol. The summed E-state index contributed by atoms with van der Waals surface area (Å²) in [5.74, 6) is 1.86. The molecule has 0 N–H and O–H groups in total. The van der Waals surface area contributed by atoms with Gasteiger partial charge in [-0.1, -0.05) is 242 Å². The summed E-state index contributed by atoms with van der Waals surface area (Å²) in [5, 5.41) is 7.69. The van der Waals surface area contributed by atoms with Gasteiger partial charge >= 0.3 is 0 Å². The normalized spacial score (nSPS) is 11.6. The number of para-hydroxylation sites is 1. The van der Waals surface area contributed by atoms with E-state index in [1.54, 1.807) is 0 Å². The Labute approximate surface area is 409 Å². The van der Waals surface area contributed by atoms with Gasteiger partial charge < -0.3 is 4.57 Å². The van der Waals surface area contributed by atoms with Crippen molar-refractivity contribution in [3.8, 4) is 62.1 Å². The standard InChI is InChI=1S/C65H48N4Si/c1-45-35-38-56(46(2)41-45)50-36-40-59-58-33-18-19-34-60(58)69(62(59)43-50)61-44-51(65-67-63(47-21-8-3-9-22-47)66-64(68-65)48-23-10-4-11-24-48)37-39-57(61)49-25-20-32-55(42-49)70(52-26-12-5-13-27-52,53-28-14-6-15-29-53)54-30-16-7-17-31-54/h3-44H,1-2H3. The van der Waals surface area contributed by atoms with E-state index in [1.165, 1.54) is 53.8 Å². The Morgan fingerprint density at radius 1 is 0.314 bits per heavy atom. The number of hydrogen-bond donors (Lipinski definition) is 0. The second kappa shape index (κ2) is 18.0. The van der Waals surface area contributed by atoms with Crippen LogP contribution in [0.5, 0.6) is 0 Å². The maximum absolute atomic E-state index is 5.24. The summed E-state index contributed by atoms with van der Waals surface area (Å²) >= 11 is 0. The molecule has 12 rings (SSSR count). The summed E-state index contributed by atoms with van der Waals surface area (Å²) < 4.78 is 2.47. The first-order valence-electron chi connectivity index (χ1n) is 23.9. The summed E-state index contributed by atoms with van der Waals surface area (Å²) in [5.41, 5.74) is 13.2. The van der Waals surface area contributed by atoms with Gasteiger partial charge in [-0.15, -0.1) is 0 Å². The summed E-state index contributed by atoms with van der Waals surface area (Å²) in [6.45, 7) is 4.37. The second-order valence-corrected chi connectivity index (χ2v) is 21.9. The van der Waals surface area contributed by atoms with Crippen LogP contribution in [0.15, 0.2) is 255 Å². The molecule has 0 amide bonds. The zero-order valence-electron chi connectivity index (χ0n) is 39.0. The van der Waals surface area contributed by atoms with Gasteiger partial charge in [0.2, 0.25) is 0 Å².